The molecule has 1 aliphatic heterocycles. The number of hydrogen-bond acceptors (Lipinski definition) is 4. The van der Waals surface area contributed by atoms with E-state index in [-0.39, 0.29) is 11.3 Å². The predicted molar refractivity (Wildman–Crippen MR) is 59.4 cm³/mol. The Labute approximate surface area is 93.4 Å². The number of rotatable bonds is 1. The molecule has 4 nitrogen and oxygen atoms in total. The number of nitrogen functional groups attached to an aromatic ring is 1. The van der Waals surface area contributed by atoms with E-state index in [1.165, 1.54) is 6.20 Å². The minimum atomic E-state index is -0.810. The van der Waals surface area contributed by atoms with Gasteiger partial charge >= 0.3 is 7.12 Å². The number of pyridine rings is 1. The van der Waals surface area contributed by atoms with Crippen LogP contribution in [0.2, 0.25) is 0 Å². The first-order chi connectivity index (χ1) is 7.40. The fourth-order valence-electron chi connectivity index (χ4n) is 1.39. The van der Waals surface area contributed by atoms with Gasteiger partial charge in [-0.2, -0.15) is 0 Å². The van der Waals surface area contributed by atoms with Crippen LogP contribution in [-0.4, -0.2) is 17.7 Å². The van der Waals surface area contributed by atoms with E-state index in [1.807, 2.05) is 0 Å². The van der Waals surface area contributed by atoms with E-state index in [0.29, 0.717) is 5.76 Å². The zero-order valence-corrected chi connectivity index (χ0v) is 9.16. The van der Waals surface area contributed by atoms with E-state index in [4.69, 9.17) is 15.0 Å². The second-order valence-corrected chi connectivity index (χ2v) is 4.13. The Morgan fingerprint density at radius 3 is 2.75 bits per heavy atom. The minimum Gasteiger partial charge on any atom is -0.534 e. The number of nitrogens with two attached hydrogens (primary N) is 1. The van der Waals surface area contributed by atoms with Crippen LogP contribution in [0.4, 0.5) is 10.2 Å². The molecule has 0 bridgehead atoms. The molecule has 1 saturated heterocycles. The Balaban J connectivity index is 2.30. The first kappa shape index (κ1) is 10.9. The monoisotopic (exact) mass is 222 g/mol. The van der Waals surface area contributed by atoms with Crippen molar-refractivity contribution in [2.45, 2.75) is 19.4 Å². The summed E-state index contributed by atoms with van der Waals surface area (Å²) in [4.78, 5) is 3.81. The summed E-state index contributed by atoms with van der Waals surface area (Å²) in [5.41, 5.74) is 4.95. The van der Waals surface area contributed by atoms with Gasteiger partial charge < -0.3 is 15.0 Å². The molecule has 84 valence electrons. The number of hydrogen-bond donors (Lipinski definition) is 1. The zero-order valence-electron chi connectivity index (χ0n) is 9.16. The Morgan fingerprint density at radius 2 is 2.25 bits per heavy atom. The topological polar surface area (TPSA) is 57.4 Å². The molecule has 2 rings (SSSR count). The lowest BCUT2D eigenvalue weighted by Gasteiger charge is -2.15. The maximum absolute atomic E-state index is 13.6. The molecule has 6 heteroatoms. The van der Waals surface area contributed by atoms with Crippen molar-refractivity contribution in [3.8, 4) is 0 Å². The maximum atomic E-state index is 13.6. The average molecular weight is 222 g/mol. The van der Waals surface area contributed by atoms with Crippen molar-refractivity contribution in [3.05, 3.63) is 30.4 Å². The highest BCUT2D eigenvalue weighted by molar-refractivity contribution is 6.62. The van der Waals surface area contributed by atoms with Crippen molar-refractivity contribution in [1.29, 1.82) is 0 Å². The Bertz CT molecular complexity index is 450. The number of anilines is 1. The van der Waals surface area contributed by atoms with Crippen molar-refractivity contribution < 1.29 is 13.7 Å². The second kappa shape index (κ2) is 3.48. The highest BCUT2D eigenvalue weighted by atomic mass is 19.1. The summed E-state index contributed by atoms with van der Waals surface area (Å²) in [5.74, 6) is 0.0917. The van der Waals surface area contributed by atoms with Crippen molar-refractivity contribution in [3.63, 3.8) is 0 Å². The van der Waals surface area contributed by atoms with Gasteiger partial charge in [0, 0.05) is 12.3 Å². The SMILES string of the molecule is C=C1OB(c2cnc(N)cc2F)OC1(C)C. The lowest BCUT2D eigenvalue weighted by atomic mass is 9.80. The highest BCUT2D eigenvalue weighted by Gasteiger charge is 2.44. The zero-order chi connectivity index (χ0) is 11.9. The van der Waals surface area contributed by atoms with Crippen LogP contribution >= 0.6 is 0 Å². The summed E-state index contributed by atoms with van der Waals surface area (Å²) < 4.78 is 24.4. The van der Waals surface area contributed by atoms with Crippen LogP contribution in [-0.2, 0) is 9.31 Å². The van der Waals surface area contributed by atoms with E-state index < -0.39 is 18.5 Å². The van der Waals surface area contributed by atoms with Crippen molar-refractivity contribution in [1.82, 2.24) is 4.98 Å². The van der Waals surface area contributed by atoms with Crippen LogP contribution in [0.15, 0.2) is 24.6 Å². The molecule has 0 unspecified atom stereocenters. The largest absolute Gasteiger partial charge is 0.568 e. The van der Waals surface area contributed by atoms with Crippen LogP contribution < -0.4 is 11.2 Å². The molecule has 0 atom stereocenters. The Morgan fingerprint density at radius 1 is 1.56 bits per heavy atom. The molecule has 0 spiro atoms. The van der Waals surface area contributed by atoms with Crippen LogP contribution in [0, 0.1) is 5.82 Å². The first-order valence-electron chi connectivity index (χ1n) is 4.85. The number of nitrogens with zero attached hydrogens (tertiary/aromatic N) is 1. The first-order valence-corrected chi connectivity index (χ1v) is 4.85. The molecule has 1 fully saturated rings. The van der Waals surface area contributed by atoms with Gasteiger partial charge in [0.05, 0.1) is 11.2 Å². The van der Waals surface area contributed by atoms with E-state index >= 15 is 0 Å². The minimum absolute atomic E-state index is 0.123. The number of halogens is 1. The van der Waals surface area contributed by atoms with Crippen molar-refractivity contribution in [2.75, 3.05) is 5.73 Å². The molecule has 16 heavy (non-hydrogen) atoms. The van der Waals surface area contributed by atoms with Gasteiger partial charge in [0.1, 0.15) is 17.2 Å². The summed E-state index contributed by atoms with van der Waals surface area (Å²) in [6.07, 6.45) is 1.31. The van der Waals surface area contributed by atoms with Gasteiger partial charge in [-0.25, -0.2) is 9.37 Å². The molecule has 0 aliphatic carbocycles. The molecule has 2 N–H and O–H groups in total. The van der Waals surface area contributed by atoms with E-state index in [2.05, 4.69) is 11.6 Å². The smallest absolute Gasteiger partial charge is 0.534 e. The fourth-order valence-corrected chi connectivity index (χ4v) is 1.39. The van der Waals surface area contributed by atoms with Gasteiger partial charge in [-0.1, -0.05) is 6.58 Å². The molecule has 0 radical (unpaired) electrons. The molecule has 1 aromatic rings. The average Bonchev–Trinajstić information content (AvgIpc) is 2.40. The van der Waals surface area contributed by atoms with Gasteiger partial charge in [-0.05, 0) is 13.8 Å². The Kier molecular flexibility index (Phi) is 2.38. The summed E-state index contributed by atoms with van der Waals surface area (Å²) >= 11 is 0. The molecule has 0 amide bonds. The third kappa shape index (κ3) is 1.76. The van der Waals surface area contributed by atoms with E-state index in [9.17, 15) is 4.39 Å². The predicted octanol–water partition coefficient (Wildman–Crippen LogP) is 0.837. The van der Waals surface area contributed by atoms with Gasteiger partial charge in [0.2, 0.25) is 0 Å². The van der Waals surface area contributed by atoms with E-state index in [1.54, 1.807) is 13.8 Å². The van der Waals surface area contributed by atoms with Crippen molar-refractivity contribution in [2.24, 2.45) is 0 Å². The van der Waals surface area contributed by atoms with Gasteiger partial charge in [-0.15, -0.1) is 0 Å². The van der Waals surface area contributed by atoms with Crippen LogP contribution in [0.1, 0.15) is 13.8 Å². The molecule has 2 heterocycles. The molecular weight excluding hydrogens is 210 g/mol. The van der Waals surface area contributed by atoms with Gasteiger partial charge in [-0.3, -0.25) is 0 Å². The van der Waals surface area contributed by atoms with Crippen LogP contribution in [0.3, 0.4) is 0 Å². The van der Waals surface area contributed by atoms with E-state index in [0.717, 1.165) is 6.07 Å². The molecular formula is C10H12BFN2O2. The molecule has 0 saturated carbocycles. The summed E-state index contributed by atoms with van der Waals surface area (Å²) in [5, 5.41) is 0. The van der Waals surface area contributed by atoms with Gasteiger partial charge in [0.25, 0.3) is 0 Å². The molecule has 0 aromatic carbocycles. The maximum Gasteiger partial charge on any atom is 0.568 e. The number of aromatic nitrogens is 1. The normalized spacial score (nSPS) is 18.7. The molecule has 1 aromatic heterocycles. The summed E-state index contributed by atoms with van der Waals surface area (Å²) in [6, 6.07) is 1.14. The lowest BCUT2D eigenvalue weighted by Crippen LogP contribution is -2.37. The quantitative estimate of drug-likeness (QED) is 0.715. The third-order valence-corrected chi connectivity index (χ3v) is 2.48. The highest BCUT2D eigenvalue weighted by Crippen LogP contribution is 2.29. The third-order valence-electron chi connectivity index (χ3n) is 2.48. The molecule has 1 aliphatic rings. The Hall–Kier alpha value is -1.56. The summed E-state index contributed by atoms with van der Waals surface area (Å²) in [7, 11) is -0.810. The standard InChI is InChI=1S/C10H12BFN2O2/c1-6-10(2,3)16-11(15-6)7-5-14-9(13)4-8(7)12/h4-5H,1H2,2-3H3,(H2,13,14). The van der Waals surface area contributed by atoms with Gasteiger partial charge in [0.15, 0.2) is 0 Å². The summed E-state index contributed by atoms with van der Waals surface area (Å²) in [6.45, 7) is 7.32. The lowest BCUT2D eigenvalue weighted by molar-refractivity contribution is 0.173. The second-order valence-electron chi connectivity index (χ2n) is 4.13. The van der Waals surface area contributed by atoms with Crippen LogP contribution in [0.25, 0.3) is 0 Å². The van der Waals surface area contributed by atoms with Crippen LogP contribution in [0.5, 0.6) is 0 Å². The van der Waals surface area contributed by atoms with Crippen molar-refractivity contribution >= 4 is 18.4 Å². The fraction of sp³-hybridized carbons (Fsp3) is 0.300.